The first-order valence-electron chi connectivity index (χ1n) is 12.3. The first kappa shape index (κ1) is 23.3. The van der Waals surface area contributed by atoms with Crippen LogP contribution in [-0.4, -0.2) is 21.8 Å². The highest BCUT2D eigenvalue weighted by atomic mass is 32.2. The zero-order valence-electron chi connectivity index (χ0n) is 20.6. The Morgan fingerprint density at radius 3 is 2.59 bits per heavy atom. The maximum Gasteiger partial charge on any atom is 0.247 e. The zero-order chi connectivity index (χ0) is 25.2. The lowest BCUT2D eigenvalue weighted by Gasteiger charge is -2.23. The second-order valence-corrected chi connectivity index (χ2v) is 9.78. The minimum absolute atomic E-state index is 0.444. The fraction of sp³-hybridized carbons (Fsp3) is 0.167. The molecule has 1 aliphatic heterocycles. The lowest BCUT2D eigenvalue weighted by atomic mass is 10.0. The van der Waals surface area contributed by atoms with Crippen LogP contribution in [0.25, 0.3) is 22.0 Å². The van der Waals surface area contributed by atoms with E-state index in [1.807, 2.05) is 49.4 Å². The first-order valence-corrected chi connectivity index (χ1v) is 13.3. The highest BCUT2D eigenvalue weighted by Gasteiger charge is 2.29. The summed E-state index contributed by atoms with van der Waals surface area (Å²) < 4.78 is 12.7. The van der Waals surface area contributed by atoms with Crippen molar-refractivity contribution in [1.82, 2.24) is 15.2 Å². The van der Waals surface area contributed by atoms with E-state index >= 15 is 0 Å². The van der Waals surface area contributed by atoms with E-state index in [2.05, 4.69) is 64.9 Å². The SMILES string of the molecule is CCOc1ccc2ccccc2c1C1Nc2ccccc2-c2nnc(SCc3ccc(C)cc3)nc2O1. The van der Waals surface area contributed by atoms with E-state index in [9.17, 15) is 0 Å². The highest BCUT2D eigenvalue weighted by Crippen LogP contribution is 2.43. The van der Waals surface area contributed by atoms with E-state index in [-0.39, 0.29) is 0 Å². The number of hydrogen-bond donors (Lipinski definition) is 1. The van der Waals surface area contributed by atoms with Crippen molar-refractivity contribution < 1.29 is 9.47 Å². The molecule has 37 heavy (non-hydrogen) atoms. The molecule has 1 N–H and O–H groups in total. The number of aryl methyl sites for hydroxylation is 1. The number of benzene rings is 4. The third kappa shape index (κ3) is 4.70. The number of thioether (sulfide) groups is 1. The minimum Gasteiger partial charge on any atom is -0.493 e. The molecule has 0 saturated heterocycles. The summed E-state index contributed by atoms with van der Waals surface area (Å²) in [7, 11) is 0. The Labute approximate surface area is 220 Å². The van der Waals surface area contributed by atoms with Crippen molar-refractivity contribution in [3.05, 3.63) is 102 Å². The predicted molar refractivity (Wildman–Crippen MR) is 148 cm³/mol. The molecule has 7 heteroatoms. The van der Waals surface area contributed by atoms with Crippen LogP contribution in [0.1, 0.15) is 29.8 Å². The Kier molecular flexibility index (Phi) is 6.37. The Hall–Kier alpha value is -4.10. The van der Waals surface area contributed by atoms with Gasteiger partial charge in [-0.1, -0.05) is 90.1 Å². The van der Waals surface area contributed by atoms with Gasteiger partial charge in [-0.3, -0.25) is 0 Å². The number of nitrogens with zero attached hydrogens (tertiary/aromatic N) is 3. The Bertz CT molecular complexity index is 1570. The smallest absolute Gasteiger partial charge is 0.247 e. The molecule has 4 aromatic carbocycles. The summed E-state index contributed by atoms with van der Waals surface area (Å²) in [6.45, 7) is 4.62. The van der Waals surface area contributed by atoms with Gasteiger partial charge < -0.3 is 14.8 Å². The summed E-state index contributed by atoms with van der Waals surface area (Å²) in [6, 6.07) is 28.8. The van der Waals surface area contributed by atoms with Crippen LogP contribution in [0.15, 0.2) is 90.1 Å². The lowest BCUT2D eigenvalue weighted by molar-refractivity contribution is 0.218. The van der Waals surface area contributed by atoms with Crippen molar-refractivity contribution >= 4 is 28.2 Å². The molecule has 184 valence electrons. The third-order valence-electron chi connectivity index (χ3n) is 6.31. The normalized spacial score (nSPS) is 14.2. The average Bonchev–Trinajstić information content (AvgIpc) is 3.09. The van der Waals surface area contributed by atoms with E-state index in [1.165, 1.54) is 11.1 Å². The maximum atomic E-state index is 6.61. The molecule has 0 fully saturated rings. The molecule has 6 nitrogen and oxygen atoms in total. The molecule has 1 aromatic heterocycles. The van der Waals surface area contributed by atoms with E-state index in [0.717, 1.165) is 39.1 Å². The molecular weight excluding hydrogens is 480 g/mol. The quantitative estimate of drug-likeness (QED) is 0.244. The summed E-state index contributed by atoms with van der Waals surface area (Å²) in [5, 5.41) is 15.3. The van der Waals surface area contributed by atoms with Gasteiger partial charge in [0, 0.05) is 17.0 Å². The van der Waals surface area contributed by atoms with Crippen molar-refractivity contribution in [2.24, 2.45) is 0 Å². The van der Waals surface area contributed by atoms with Crippen molar-refractivity contribution in [3.63, 3.8) is 0 Å². The molecule has 6 rings (SSSR count). The van der Waals surface area contributed by atoms with Gasteiger partial charge in [0.15, 0.2) is 5.69 Å². The van der Waals surface area contributed by atoms with Gasteiger partial charge in [0.25, 0.3) is 0 Å². The monoisotopic (exact) mass is 506 g/mol. The third-order valence-corrected chi connectivity index (χ3v) is 7.22. The zero-order valence-corrected chi connectivity index (χ0v) is 21.5. The van der Waals surface area contributed by atoms with Crippen LogP contribution < -0.4 is 14.8 Å². The molecular formula is C30H26N4O2S. The molecule has 0 aliphatic carbocycles. The van der Waals surface area contributed by atoms with Gasteiger partial charge in [0.1, 0.15) is 5.75 Å². The number of nitrogens with one attached hydrogen (secondary N) is 1. The molecule has 0 amide bonds. The first-order chi connectivity index (χ1) is 18.2. The van der Waals surface area contributed by atoms with Crippen LogP contribution in [0.2, 0.25) is 0 Å². The second-order valence-electron chi connectivity index (χ2n) is 8.84. The molecule has 2 heterocycles. The molecule has 0 saturated carbocycles. The molecule has 1 unspecified atom stereocenters. The summed E-state index contributed by atoms with van der Waals surface area (Å²) in [5.74, 6) is 1.96. The largest absolute Gasteiger partial charge is 0.493 e. The van der Waals surface area contributed by atoms with Crippen LogP contribution in [-0.2, 0) is 5.75 Å². The molecule has 1 atom stereocenters. The Balaban J connectivity index is 1.42. The number of para-hydroxylation sites is 1. The van der Waals surface area contributed by atoms with Crippen LogP contribution in [0.3, 0.4) is 0 Å². The number of aromatic nitrogens is 3. The number of anilines is 1. The number of hydrogen-bond acceptors (Lipinski definition) is 7. The summed E-state index contributed by atoms with van der Waals surface area (Å²) >= 11 is 1.54. The minimum atomic E-state index is -0.540. The van der Waals surface area contributed by atoms with Gasteiger partial charge in [0.05, 0.1) is 12.2 Å². The van der Waals surface area contributed by atoms with Crippen LogP contribution in [0.4, 0.5) is 5.69 Å². The second kappa shape index (κ2) is 10.1. The van der Waals surface area contributed by atoms with Crippen molar-refractivity contribution in [2.75, 3.05) is 11.9 Å². The predicted octanol–water partition coefficient (Wildman–Crippen LogP) is 7.19. The molecule has 1 aliphatic rings. The average molecular weight is 507 g/mol. The van der Waals surface area contributed by atoms with E-state index in [4.69, 9.17) is 14.5 Å². The summed E-state index contributed by atoms with van der Waals surface area (Å²) in [4.78, 5) is 4.82. The van der Waals surface area contributed by atoms with Crippen LogP contribution in [0, 0.1) is 6.92 Å². The maximum absolute atomic E-state index is 6.61. The molecule has 5 aromatic rings. The Morgan fingerprint density at radius 2 is 1.73 bits per heavy atom. The van der Waals surface area contributed by atoms with Gasteiger partial charge in [0.2, 0.25) is 17.3 Å². The molecule has 0 spiro atoms. The van der Waals surface area contributed by atoms with Crippen molar-refractivity contribution in [1.29, 1.82) is 0 Å². The summed E-state index contributed by atoms with van der Waals surface area (Å²) in [5.41, 5.74) is 5.78. The van der Waals surface area contributed by atoms with Crippen LogP contribution in [0.5, 0.6) is 11.6 Å². The van der Waals surface area contributed by atoms with Gasteiger partial charge in [-0.25, -0.2) is 0 Å². The number of ether oxygens (including phenoxy) is 2. The van der Waals surface area contributed by atoms with Gasteiger partial charge in [-0.05, 0) is 42.3 Å². The lowest BCUT2D eigenvalue weighted by Crippen LogP contribution is -2.19. The molecule has 0 radical (unpaired) electrons. The van der Waals surface area contributed by atoms with Crippen molar-refractivity contribution in [2.45, 2.75) is 31.0 Å². The summed E-state index contributed by atoms with van der Waals surface area (Å²) in [6.07, 6.45) is -0.540. The van der Waals surface area contributed by atoms with Gasteiger partial charge >= 0.3 is 0 Å². The standard InChI is InChI=1S/C30H26N4O2S/c1-3-35-25-17-16-21-8-4-5-9-22(21)26(25)28-31-24-11-7-6-10-23(24)27-29(36-28)32-30(34-33-27)37-18-20-14-12-19(2)13-15-20/h4-17,28,31H,3,18H2,1-2H3. The van der Waals surface area contributed by atoms with E-state index in [0.29, 0.717) is 23.3 Å². The van der Waals surface area contributed by atoms with Gasteiger partial charge in [-0.2, -0.15) is 4.98 Å². The van der Waals surface area contributed by atoms with Gasteiger partial charge in [-0.15, -0.1) is 10.2 Å². The van der Waals surface area contributed by atoms with E-state index < -0.39 is 6.23 Å². The van der Waals surface area contributed by atoms with E-state index in [1.54, 1.807) is 11.8 Å². The molecule has 0 bridgehead atoms. The fourth-order valence-electron chi connectivity index (χ4n) is 4.50. The van der Waals surface area contributed by atoms with Crippen molar-refractivity contribution in [3.8, 4) is 22.9 Å². The number of rotatable bonds is 6. The topological polar surface area (TPSA) is 69.2 Å². The van der Waals surface area contributed by atoms with Crippen LogP contribution >= 0.6 is 11.8 Å². The number of fused-ring (bicyclic) bond motifs is 4. The fourth-order valence-corrected chi connectivity index (χ4v) is 5.23. The Morgan fingerprint density at radius 1 is 0.919 bits per heavy atom. The highest BCUT2D eigenvalue weighted by molar-refractivity contribution is 7.98.